The van der Waals surface area contributed by atoms with Gasteiger partial charge in [-0.2, -0.15) is 0 Å². The number of nitrogens with one attached hydrogen (secondary N) is 1. The van der Waals surface area contributed by atoms with E-state index in [0.717, 1.165) is 38.1 Å². The molecule has 1 saturated heterocycles. The molecule has 1 aliphatic heterocycles. The number of likely N-dealkylation sites (tertiary alicyclic amines) is 1. The number of halogens is 1. The Morgan fingerprint density at radius 2 is 2.19 bits per heavy atom. The number of piperidine rings is 1. The molecular weight excluding hydrogens is 393 g/mol. The quantitative estimate of drug-likeness (QED) is 0.449. The van der Waals surface area contributed by atoms with Crippen molar-refractivity contribution in [2.45, 2.75) is 39.5 Å². The summed E-state index contributed by atoms with van der Waals surface area (Å²) in [7, 11) is 0. The molecule has 1 aromatic heterocycles. The molecule has 1 N–H and O–H groups in total. The molecule has 1 aromatic rings. The summed E-state index contributed by atoms with van der Waals surface area (Å²) in [6, 6.07) is 4.33. The van der Waals surface area contributed by atoms with Crippen LogP contribution in [0.3, 0.4) is 0 Å². The first-order valence-electron chi connectivity index (χ1n) is 7.77. The van der Waals surface area contributed by atoms with Crippen LogP contribution in [-0.4, -0.2) is 37.0 Å². The maximum absolute atomic E-state index is 4.86. The Hall–Kier alpha value is -0.300. The normalized spacial score (nSPS) is 18.2. The summed E-state index contributed by atoms with van der Waals surface area (Å²) >= 11 is 1.83. The predicted molar refractivity (Wildman–Crippen MR) is 104 cm³/mol. The molecule has 120 valence electrons. The first-order valence-corrected chi connectivity index (χ1v) is 8.65. The molecule has 0 bridgehead atoms. The summed E-state index contributed by atoms with van der Waals surface area (Å²) in [5.41, 5.74) is 0. The smallest absolute Gasteiger partial charge is 0.193 e. The van der Waals surface area contributed by atoms with Gasteiger partial charge in [-0.15, -0.1) is 35.3 Å². The Morgan fingerprint density at radius 3 is 2.76 bits per heavy atom. The molecule has 1 fully saturated rings. The molecule has 0 spiro atoms. The number of thiophene rings is 1. The lowest BCUT2D eigenvalue weighted by Crippen LogP contribution is -2.45. The van der Waals surface area contributed by atoms with E-state index in [1.165, 1.54) is 17.7 Å². The highest BCUT2D eigenvalue weighted by Gasteiger charge is 2.18. The molecular formula is C16H28IN3S. The summed E-state index contributed by atoms with van der Waals surface area (Å²) in [5, 5.41) is 5.59. The molecule has 21 heavy (non-hydrogen) atoms. The van der Waals surface area contributed by atoms with Crippen molar-refractivity contribution in [1.29, 1.82) is 0 Å². The number of rotatable bonds is 4. The second kappa shape index (κ2) is 9.66. The van der Waals surface area contributed by atoms with E-state index in [2.05, 4.69) is 48.5 Å². The third-order valence-electron chi connectivity index (χ3n) is 3.96. The average molecular weight is 421 g/mol. The fraction of sp³-hybridized carbons (Fsp3) is 0.688. The largest absolute Gasteiger partial charge is 0.357 e. The first kappa shape index (κ1) is 18.7. The minimum Gasteiger partial charge on any atom is -0.357 e. The van der Waals surface area contributed by atoms with Crippen LogP contribution in [0.5, 0.6) is 0 Å². The number of hydrogen-bond donors (Lipinski definition) is 1. The molecule has 5 heteroatoms. The van der Waals surface area contributed by atoms with Crippen molar-refractivity contribution in [3.05, 3.63) is 22.4 Å². The van der Waals surface area contributed by atoms with Crippen molar-refractivity contribution in [2.24, 2.45) is 10.9 Å². The maximum Gasteiger partial charge on any atom is 0.193 e. The van der Waals surface area contributed by atoms with Crippen LogP contribution in [0.15, 0.2) is 22.5 Å². The molecule has 1 atom stereocenters. The van der Waals surface area contributed by atoms with E-state index < -0.39 is 0 Å². The zero-order valence-electron chi connectivity index (χ0n) is 13.3. The van der Waals surface area contributed by atoms with E-state index in [1.807, 2.05) is 11.3 Å². The van der Waals surface area contributed by atoms with E-state index in [1.54, 1.807) is 0 Å². The van der Waals surface area contributed by atoms with Crippen LogP contribution in [0.1, 0.15) is 44.4 Å². The van der Waals surface area contributed by atoms with Gasteiger partial charge in [0, 0.05) is 30.4 Å². The van der Waals surface area contributed by atoms with E-state index in [-0.39, 0.29) is 24.0 Å². The molecule has 3 nitrogen and oxygen atoms in total. The summed E-state index contributed by atoms with van der Waals surface area (Å²) < 4.78 is 0. The van der Waals surface area contributed by atoms with Crippen LogP contribution in [0, 0.1) is 5.92 Å². The lowest BCUT2D eigenvalue weighted by molar-refractivity contribution is 0.273. The molecule has 0 aliphatic carbocycles. The van der Waals surface area contributed by atoms with Crippen LogP contribution in [0.2, 0.25) is 0 Å². The average Bonchev–Trinajstić information content (AvgIpc) is 2.98. The van der Waals surface area contributed by atoms with Crippen LogP contribution in [-0.2, 0) is 0 Å². The van der Waals surface area contributed by atoms with Gasteiger partial charge in [0.05, 0.1) is 6.54 Å². The number of nitrogens with zero attached hydrogens (tertiary/aromatic N) is 2. The molecule has 2 rings (SSSR count). The lowest BCUT2D eigenvalue weighted by Gasteiger charge is -2.33. The van der Waals surface area contributed by atoms with Crippen LogP contribution >= 0.6 is 35.3 Å². The van der Waals surface area contributed by atoms with E-state index in [4.69, 9.17) is 4.99 Å². The maximum atomic E-state index is 4.86. The zero-order valence-corrected chi connectivity index (χ0v) is 16.5. The van der Waals surface area contributed by atoms with Crippen LogP contribution < -0.4 is 5.32 Å². The summed E-state index contributed by atoms with van der Waals surface area (Å²) in [6.45, 7) is 10.8. The Bertz CT molecular complexity index is 411. The SMILES string of the molecule is CCNC(=NCC(C)c1cccs1)N1CCC(C)CC1.I. The Labute approximate surface area is 150 Å². The Morgan fingerprint density at radius 1 is 1.48 bits per heavy atom. The van der Waals surface area contributed by atoms with Crippen molar-refractivity contribution >= 4 is 41.3 Å². The van der Waals surface area contributed by atoms with Gasteiger partial charge in [-0.05, 0) is 37.1 Å². The molecule has 1 aliphatic rings. The van der Waals surface area contributed by atoms with Gasteiger partial charge in [0.15, 0.2) is 5.96 Å². The number of aliphatic imine (C=N–C) groups is 1. The topological polar surface area (TPSA) is 27.6 Å². The molecule has 0 aromatic carbocycles. The van der Waals surface area contributed by atoms with Gasteiger partial charge in [-0.25, -0.2) is 0 Å². The first-order chi connectivity index (χ1) is 9.70. The summed E-state index contributed by atoms with van der Waals surface area (Å²) in [4.78, 5) is 8.71. The minimum absolute atomic E-state index is 0. The number of hydrogen-bond acceptors (Lipinski definition) is 2. The van der Waals surface area contributed by atoms with E-state index in [9.17, 15) is 0 Å². The monoisotopic (exact) mass is 421 g/mol. The van der Waals surface area contributed by atoms with Gasteiger partial charge < -0.3 is 10.2 Å². The minimum atomic E-state index is 0. The van der Waals surface area contributed by atoms with Gasteiger partial charge in [0.25, 0.3) is 0 Å². The van der Waals surface area contributed by atoms with Gasteiger partial charge in [0.2, 0.25) is 0 Å². The fourth-order valence-electron chi connectivity index (χ4n) is 2.53. The van der Waals surface area contributed by atoms with Crippen molar-refractivity contribution in [1.82, 2.24) is 10.2 Å². The molecule has 0 radical (unpaired) electrons. The van der Waals surface area contributed by atoms with E-state index >= 15 is 0 Å². The highest BCUT2D eigenvalue weighted by Crippen LogP contribution is 2.21. The van der Waals surface area contributed by atoms with Gasteiger partial charge >= 0.3 is 0 Å². The Balaban J connectivity index is 0.00000220. The number of guanidine groups is 1. The predicted octanol–water partition coefficient (Wildman–Crippen LogP) is 4.17. The molecule has 0 amide bonds. The summed E-state index contributed by atoms with van der Waals surface area (Å²) in [6.07, 6.45) is 2.57. The molecule has 0 saturated carbocycles. The van der Waals surface area contributed by atoms with E-state index in [0.29, 0.717) is 5.92 Å². The van der Waals surface area contributed by atoms with Crippen LogP contribution in [0.4, 0.5) is 0 Å². The second-order valence-electron chi connectivity index (χ2n) is 5.78. The Kier molecular flexibility index (Phi) is 8.63. The van der Waals surface area contributed by atoms with Gasteiger partial charge in [0.1, 0.15) is 0 Å². The molecule has 2 heterocycles. The highest BCUT2D eigenvalue weighted by atomic mass is 127. The van der Waals surface area contributed by atoms with Crippen molar-refractivity contribution in [3.63, 3.8) is 0 Å². The fourth-order valence-corrected chi connectivity index (χ4v) is 3.31. The summed E-state index contributed by atoms with van der Waals surface area (Å²) in [5.74, 6) is 2.47. The van der Waals surface area contributed by atoms with Crippen LogP contribution in [0.25, 0.3) is 0 Å². The van der Waals surface area contributed by atoms with Crippen molar-refractivity contribution in [2.75, 3.05) is 26.2 Å². The van der Waals surface area contributed by atoms with Gasteiger partial charge in [-0.1, -0.05) is 19.9 Å². The zero-order chi connectivity index (χ0) is 14.4. The third kappa shape index (κ3) is 5.77. The van der Waals surface area contributed by atoms with Gasteiger partial charge in [-0.3, -0.25) is 4.99 Å². The van der Waals surface area contributed by atoms with Crippen molar-refractivity contribution in [3.8, 4) is 0 Å². The highest BCUT2D eigenvalue weighted by molar-refractivity contribution is 14.0. The third-order valence-corrected chi connectivity index (χ3v) is 5.07. The standard InChI is InChI=1S/C16H27N3S.HI/c1-4-17-16(19-9-7-13(2)8-10-19)18-12-14(3)15-6-5-11-20-15;/h5-6,11,13-14H,4,7-10,12H2,1-3H3,(H,17,18);1H. The lowest BCUT2D eigenvalue weighted by atomic mass is 9.99. The molecule has 1 unspecified atom stereocenters. The van der Waals surface area contributed by atoms with Crippen molar-refractivity contribution < 1.29 is 0 Å². The second-order valence-corrected chi connectivity index (χ2v) is 6.76.